The van der Waals surface area contributed by atoms with E-state index in [1.807, 2.05) is 98.8 Å². The Hall–Kier alpha value is -6.41. The summed E-state index contributed by atoms with van der Waals surface area (Å²) in [5.41, 5.74) is 11.3. The lowest BCUT2D eigenvalue weighted by molar-refractivity contribution is -0.152. The Morgan fingerprint density at radius 2 is 0.831 bits per heavy atom. The van der Waals surface area contributed by atoms with Gasteiger partial charge in [0, 0.05) is 13.2 Å². The number of rotatable bonds is 18. The number of phenolic OH excluding ortho intramolecular Hbond substituents is 2. The first-order valence-corrected chi connectivity index (χ1v) is 20.2. The maximum Gasteiger partial charge on any atom is 0.191 e. The number of aromatic hydroxyl groups is 2. The molecule has 59 heavy (non-hydrogen) atoms. The van der Waals surface area contributed by atoms with Crippen LogP contribution in [-0.2, 0) is 14.3 Å². The lowest BCUT2D eigenvalue weighted by atomic mass is 9.88. The molecule has 0 bridgehead atoms. The molecule has 0 saturated heterocycles. The molecule has 0 aliphatic carbocycles. The molecule has 0 amide bonds. The number of benzene rings is 6. The average molecular weight is 791 g/mol. The predicted octanol–water partition coefficient (Wildman–Crippen LogP) is 11.9. The molecule has 0 spiro atoms. The standard InChI is InChI=1S/C28H32O4.C24H22O3/c1-4-26(21-10-8-7-9-11-21)28(22-12-16-24(29)17-13-22)23-14-18-25(19-15-23)32-20-27(30-5-2)31-6-3;1-2-23(18-6-4-3-5-7-18)24(19-8-12-21(26)13-9-19)20-10-14-22(15-11-20)27-17-16-25/h7-19,27,29H,4-6,20H2,1-3H3;3-16,26H,2,17H2,1H3/b28-26-;24-23-. The first kappa shape index (κ1) is 43.7. The summed E-state index contributed by atoms with van der Waals surface area (Å²) >= 11 is 0. The number of hydrogen-bond acceptors (Lipinski definition) is 7. The van der Waals surface area contributed by atoms with Gasteiger partial charge in [-0.15, -0.1) is 0 Å². The third kappa shape index (κ3) is 12.5. The van der Waals surface area contributed by atoms with E-state index in [-0.39, 0.29) is 24.4 Å². The number of allylic oxidation sites excluding steroid dienone is 2. The van der Waals surface area contributed by atoms with Gasteiger partial charge in [0.2, 0.25) is 0 Å². The Balaban J connectivity index is 0.000000227. The maximum atomic E-state index is 10.5. The number of carbonyl (C=O) groups excluding carboxylic acids is 1. The van der Waals surface area contributed by atoms with Crippen molar-refractivity contribution in [1.29, 1.82) is 0 Å². The van der Waals surface area contributed by atoms with Crippen LogP contribution in [-0.4, -0.2) is 49.2 Å². The summed E-state index contributed by atoms with van der Waals surface area (Å²) in [6.45, 7) is 9.73. The van der Waals surface area contributed by atoms with E-state index in [4.69, 9.17) is 18.9 Å². The van der Waals surface area contributed by atoms with Crippen molar-refractivity contribution in [3.05, 3.63) is 191 Å². The minimum Gasteiger partial charge on any atom is -0.508 e. The molecule has 0 aromatic heterocycles. The van der Waals surface area contributed by atoms with Gasteiger partial charge < -0.3 is 29.2 Å². The first-order valence-electron chi connectivity index (χ1n) is 20.2. The van der Waals surface area contributed by atoms with Crippen LogP contribution >= 0.6 is 0 Å². The van der Waals surface area contributed by atoms with Crippen molar-refractivity contribution in [2.24, 2.45) is 0 Å². The van der Waals surface area contributed by atoms with Gasteiger partial charge in [-0.05, 0) is 131 Å². The highest BCUT2D eigenvalue weighted by molar-refractivity contribution is 5.99. The summed E-state index contributed by atoms with van der Waals surface area (Å²) in [5.74, 6) is 1.93. The van der Waals surface area contributed by atoms with Crippen LogP contribution in [0.2, 0.25) is 0 Å². The summed E-state index contributed by atoms with van der Waals surface area (Å²) < 4.78 is 22.4. The van der Waals surface area contributed by atoms with Crippen LogP contribution in [0.1, 0.15) is 73.9 Å². The van der Waals surface area contributed by atoms with Gasteiger partial charge in [-0.25, -0.2) is 0 Å². The lowest BCUT2D eigenvalue weighted by Gasteiger charge is -2.19. The molecule has 0 unspecified atom stereocenters. The van der Waals surface area contributed by atoms with Gasteiger partial charge in [-0.1, -0.05) is 123 Å². The second kappa shape index (κ2) is 23.1. The van der Waals surface area contributed by atoms with E-state index in [2.05, 4.69) is 62.4 Å². The summed E-state index contributed by atoms with van der Waals surface area (Å²) in [5, 5.41) is 19.5. The first-order chi connectivity index (χ1) is 28.9. The highest BCUT2D eigenvalue weighted by atomic mass is 16.7. The van der Waals surface area contributed by atoms with Crippen molar-refractivity contribution >= 4 is 28.6 Å². The van der Waals surface area contributed by atoms with Crippen molar-refractivity contribution in [2.75, 3.05) is 26.4 Å². The molecule has 0 heterocycles. The monoisotopic (exact) mass is 790 g/mol. The Morgan fingerprint density at radius 1 is 0.475 bits per heavy atom. The van der Waals surface area contributed by atoms with E-state index in [1.165, 1.54) is 22.3 Å². The fourth-order valence-electron chi connectivity index (χ4n) is 6.86. The van der Waals surface area contributed by atoms with Crippen LogP contribution in [0.4, 0.5) is 0 Å². The van der Waals surface area contributed by atoms with Gasteiger partial charge in [0.15, 0.2) is 12.6 Å². The fraction of sp³-hybridized carbons (Fsp3) is 0.212. The summed E-state index contributed by atoms with van der Waals surface area (Å²) in [4.78, 5) is 10.5. The molecule has 2 N–H and O–H groups in total. The van der Waals surface area contributed by atoms with Crippen molar-refractivity contribution < 1.29 is 34.0 Å². The Kier molecular flexibility index (Phi) is 17.1. The average Bonchev–Trinajstić information content (AvgIpc) is 3.28. The van der Waals surface area contributed by atoms with Crippen LogP contribution in [0.15, 0.2) is 158 Å². The van der Waals surface area contributed by atoms with Crippen molar-refractivity contribution in [3.63, 3.8) is 0 Å². The number of hydrogen-bond donors (Lipinski definition) is 2. The molecule has 7 nitrogen and oxygen atoms in total. The summed E-state index contributed by atoms with van der Waals surface area (Å²) in [7, 11) is 0. The highest BCUT2D eigenvalue weighted by Crippen LogP contribution is 2.37. The number of ether oxygens (including phenoxy) is 4. The second-order valence-corrected chi connectivity index (χ2v) is 13.4. The topological polar surface area (TPSA) is 94.5 Å². The minimum atomic E-state index is -0.373. The molecule has 0 aliphatic heterocycles. The third-order valence-corrected chi connectivity index (χ3v) is 9.56. The van der Waals surface area contributed by atoms with Gasteiger partial charge >= 0.3 is 0 Å². The minimum absolute atomic E-state index is 0.0459. The van der Waals surface area contributed by atoms with Crippen LogP contribution < -0.4 is 9.47 Å². The number of phenols is 2. The zero-order valence-corrected chi connectivity index (χ0v) is 34.3. The molecule has 0 radical (unpaired) electrons. The summed E-state index contributed by atoms with van der Waals surface area (Å²) in [6, 6.07) is 51.2. The Bertz CT molecular complexity index is 2200. The van der Waals surface area contributed by atoms with E-state index in [0.717, 1.165) is 58.3 Å². The lowest BCUT2D eigenvalue weighted by Crippen LogP contribution is -2.25. The van der Waals surface area contributed by atoms with Crippen LogP contribution in [0.3, 0.4) is 0 Å². The van der Waals surface area contributed by atoms with Crippen LogP contribution in [0.5, 0.6) is 23.0 Å². The third-order valence-electron chi connectivity index (χ3n) is 9.56. The largest absolute Gasteiger partial charge is 0.508 e. The molecular weight excluding hydrogens is 737 g/mol. The Morgan fingerprint density at radius 3 is 1.17 bits per heavy atom. The van der Waals surface area contributed by atoms with E-state index in [0.29, 0.717) is 25.6 Å². The quantitative estimate of drug-likeness (QED) is 0.0508. The van der Waals surface area contributed by atoms with Gasteiger partial charge in [0.25, 0.3) is 0 Å². The molecule has 7 heteroatoms. The molecule has 6 aromatic carbocycles. The molecule has 0 atom stereocenters. The molecule has 304 valence electrons. The van der Waals surface area contributed by atoms with Crippen molar-refractivity contribution in [2.45, 2.75) is 46.8 Å². The van der Waals surface area contributed by atoms with Gasteiger partial charge in [0.05, 0.1) is 0 Å². The van der Waals surface area contributed by atoms with Crippen LogP contribution in [0.25, 0.3) is 22.3 Å². The maximum absolute atomic E-state index is 10.5. The molecule has 6 rings (SSSR count). The number of carbonyl (C=O) groups is 1. The van der Waals surface area contributed by atoms with E-state index < -0.39 is 0 Å². The van der Waals surface area contributed by atoms with Gasteiger partial charge in [0.1, 0.15) is 36.2 Å². The normalized spacial score (nSPS) is 11.8. The zero-order valence-electron chi connectivity index (χ0n) is 34.3. The van der Waals surface area contributed by atoms with Crippen molar-refractivity contribution in [3.8, 4) is 23.0 Å². The highest BCUT2D eigenvalue weighted by Gasteiger charge is 2.16. The Labute approximate surface area is 348 Å². The second-order valence-electron chi connectivity index (χ2n) is 13.4. The molecule has 0 saturated carbocycles. The van der Waals surface area contributed by atoms with Crippen LogP contribution in [0, 0.1) is 0 Å². The van der Waals surface area contributed by atoms with Gasteiger partial charge in [-0.3, -0.25) is 4.79 Å². The molecule has 6 aromatic rings. The SMILES string of the molecule is CC/C(=C(\c1ccc(O)cc1)c1ccc(OCC=O)cc1)c1ccccc1.CCOC(COc1ccc(/C(=C(/CC)c2ccccc2)c2ccc(O)cc2)cc1)OCC. The predicted molar refractivity (Wildman–Crippen MR) is 238 cm³/mol. The van der Waals surface area contributed by atoms with E-state index in [9.17, 15) is 15.0 Å². The molecular formula is C52H54O7. The number of aldehydes is 1. The van der Waals surface area contributed by atoms with E-state index >= 15 is 0 Å². The van der Waals surface area contributed by atoms with Crippen molar-refractivity contribution in [1.82, 2.24) is 0 Å². The molecule has 0 fully saturated rings. The smallest absolute Gasteiger partial charge is 0.191 e. The fourth-order valence-corrected chi connectivity index (χ4v) is 6.86. The zero-order chi connectivity index (χ0) is 41.8. The summed E-state index contributed by atoms with van der Waals surface area (Å²) in [6.07, 6.45) is 2.11. The van der Waals surface area contributed by atoms with E-state index in [1.54, 1.807) is 24.3 Å². The van der Waals surface area contributed by atoms with Gasteiger partial charge in [-0.2, -0.15) is 0 Å². The molecule has 0 aliphatic rings.